The van der Waals surface area contributed by atoms with Crippen molar-refractivity contribution in [1.82, 2.24) is 4.90 Å². The fourth-order valence-corrected chi connectivity index (χ4v) is 2.31. The molecule has 0 radical (unpaired) electrons. The molecule has 0 N–H and O–H groups in total. The zero-order chi connectivity index (χ0) is 12.4. The maximum atomic E-state index is 2.72. The number of likely N-dealkylation sites (tertiary alicyclic amines) is 1. The van der Waals surface area contributed by atoms with Crippen LogP contribution in [0.4, 0.5) is 0 Å². The molecule has 2 rings (SSSR count). The molecule has 0 bridgehead atoms. The molecule has 0 spiro atoms. The average molecular weight is 227 g/mol. The van der Waals surface area contributed by atoms with Gasteiger partial charge in [0.25, 0.3) is 0 Å². The number of piperidine rings is 1. The highest BCUT2D eigenvalue weighted by Gasteiger charge is 2.27. The summed E-state index contributed by atoms with van der Waals surface area (Å²) in [6.45, 7) is 13.4. The summed E-state index contributed by atoms with van der Waals surface area (Å²) >= 11 is 0. The molecule has 1 heteroatoms. The minimum absolute atomic E-state index is 0.962. The van der Waals surface area contributed by atoms with Gasteiger partial charge in [-0.1, -0.05) is 47.5 Å². The summed E-state index contributed by atoms with van der Waals surface area (Å²) in [7, 11) is 0. The molecule has 1 saturated carbocycles. The van der Waals surface area contributed by atoms with Gasteiger partial charge in [-0.3, -0.25) is 0 Å². The molecule has 16 heavy (non-hydrogen) atoms. The van der Waals surface area contributed by atoms with Crippen LogP contribution in [0.1, 0.15) is 73.1 Å². The molecule has 0 unspecified atom stereocenters. The first-order valence-electron chi connectivity index (χ1n) is 7.52. The first-order chi connectivity index (χ1) is 7.77. The lowest BCUT2D eigenvalue weighted by Crippen LogP contribution is -2.45. The number of hydrogen-bond donors (Lipinski definition) is 0. The zero-order valence-electron chi connectivity index (χ0n) is 12.3. The predicted octanol–water partition coefficient (Wildman–Crippen LogP) is 4.71. The summed E-state index contributed by atoms with van der Waals surface area (Å²) in [5.74, 6) is 0.962. The van der Waals surface area contributed by atoms with Gasteiger partial charge in [-0.25, -0.2) is 0 Å². The average Bonchev–Trinajstić information content (AvgIpc) is 2.19. The van der Waals surface area contributed by atoms with Crippen molar-refractivity contribution >= 4 is 0 Å². The minimum atomic E-state index is 0.962. The third-order valence-electron chi connectivity index (χ3n) is 3.28. The van der Waals surface area contributed by atoms with Crippen LogP contribution in [0.5, 0.6) is 0 Å². The van der Waals surface area contributed by atoms with Gasteiger partial charge in [0.05, 0.1) is 0 Å². The van der Waals surface area contributed by atoms with Crippen LogP contribution in [-0.4, -0.2) is 24.0 Å². The SMILES string of the molecule is CC.CCC.C[C@H]1CCCN(C2CCC2)C1. The van der Waals surface area contributed by atoms with E-state index in [9.17, 15) is 0 Å². The van der Waals surface area contributed by atoms with Crippen molar-refractivity contribution in [2.75, 3.05) is 13.1 Å². The van der Waals surface area contributed by atoms with Crippen molar-refractivity contribution in [2.24, 2.45) is 5.92 Å². The van der Waals surface area contributed by atoms with Gasteiger partial charge < -0.3 is 4.90 Å². The fraction of sp³-hybridized carbons (Fsp3) is 1.00. The van der Waals surface area contributed by atoms with Gasteiger partial charge in [-0.05, 0) is 38.1 Å². The molecule has 0 aromatic heterocycles. The standard InChI is InChI=1S/C10H19N.C3H8.C2H6/c1-9-4-3-7-11(8-9)10-5-2-6-10;1-3-2;1-2/h9-10H,2-8H2,1H3;3H2,1-2H3;1-2H3/t9-;;/m0../s1. The topological polar surface area (TPSA) is 3.24 Å². The van der Waals surface area contributed by atoms with Gasteiger partial charge in [0.2, 0.25) is 0 Å². The lowest BCUT2D eigenvalue weighted by atomic mass is 9.88. The largest absolute Gasteiger partial charge is 0.300 e. The molecule has 0 aromatic carbocycles. The summed E-state index contributed by atoms with van der Waals surface area (Å²) in [5.41, 5.74) is 0. The maximum absolute atomic E-state index is 2.72. The van der Waals surface area contributed by atoms with Crippen molar-refractivity contribution in [2.45, 2.75) is 79.2 Å². The van der Waals surface area contributed by atoms with Crippen LogP contribution in [0.25, 0.3) is 0 Å². The number of nitrogens with zero attached hydrogens (tertiary/aromatic N) is 1. The Morgan fingerprint density at radius 3 is 1.94 bits per heavy atom. The Hall–Kier alpha value is -0.0400. The summed E-state index contributed by atoms with van der Waals surface area (Å²) in [6.07, 6.45) is 8.59. The van der Waals surface area contributed by atoms with E-state index in [4.69, 9.17) is 0 Å². The van der Waals surface area contributed by atoms with Crippen molar-refractivity contribution < 1.29 is 0 Å². The van der Waals surface area contributed by atoms with Crippen LogP contribution >= 0.6 is 0 Å². The highest BCUT2D eigenvalue weighted by atomic mass is 15.2. The third-order valence-corrected chi connectivity index (χ3v) is 3.28. The van der Waals surface area contributed by atoms with Crippen molar-refractivity contribution in [3.8, 4) is 0 Å². The molecule has 1 heterocycles. The third kappa shape index (κ3) is 5.89. The van der Waals surface area contributed by atoms with Crippen LogP contribution in [0, 0.1) is 5.92 Å². The number of hydrogen-bond acceptors (Lipinski definition) is 1. The lowest BCUT2D eigenvalue weighted by molar-refractivity contribution is 0.0817. The molecule has 1 aliphatic heterocycles. The normalized spacial score (nSPS) is 25.7. The van der Waals surface area contributed by atoms with E-state index in [0.29, 0.717) is 0 Å². The quantitative estimate of drug-likeness (QED) is 0.627. The lowest BCUT2D eigenvalue weighted by Gasteiger charge is -2.41. The van der Waals surface area contributed by atoms with Gasteiger partial charge in [-0.2, -0.15) is 0 Å². The molecular formula is C15H33N. The van der Waals surface area contributed by atoms with Crippen LogP contribution in [0.15, 0.2) is 0 Å². The van der Waals surface area contributed by atoms with Crippen molar-refractivity contribution in [3.05, 3.63) is 0 Å². The molecule has 1 aliphatic carbocycles. The zero-order valence-corrected chi connectivity index (χ0v) is 12.3. The molecular weight excluding hydrogens is 194 g/mol. The van der Waals surface area contributed by atoms with Gasteiger partial charge in [0.15, 0.2) is 0 Å². The predicted molar refractivity (Wildman–Crippen MR) is 74.9 cm³/mol. The van der Waals surface area contributed by atoms with E-state index in [1.54, 1.807) is 0 Å². The van der Waals surface area contributed by atoms with Crippen LogP contribution in [0.2, 0.25) is 0 Å². The van der Waals surface area contributed by atoms with Gasteiger partial charge >= 0.3 is 0 Å². The minimum Gasteiger partial charge on any atom is -0.300 e. The Morgan fingerprint density at radius 1 is 1.00 bits per heavy atom. The van der Waals surface area contributed by atoms with E-state index in [2.05, 4.69) is 25.7 Å². The highest BCUT2D eigenvalue weighted by molar-refractivity contribution is 4.83. The molecule has 1 nitrogen and oxygen atoms in total. The van der Waals surface area contributed by atoms with Gasteiger partial charge in [0, 0.05) is 12.6 Å². The Morgan fingerprint density at radius 2 is 1.56 bits per heavy atom. The molecule has 0 amide bonds. The molecule has 0 aromatic rings. The van der Waals surface area contributed by atoms with E-state index >= 15 is 0 Å². The molecule has 2 fully saturated rings. The molecule has 2 aliphatic rings. The fourth-order valence-electron chi connectivity index (χ4n) is 2.31. The van der Waals surface area contributed by atoms with E-state index in [0.717, 1.165) is 12.0 Å². The van der Waals surface area contributed by atoms with Crippen LogP contribution in [-0.2, 0) is 0 Å². The second-order valence-corrected chi connectivity index (χ2v) is 5.03. The first-order valence-corrected chi connectivity index (χ1v) is 7.52. The summed E-state index contributed by atoms with van der Waals surface area (Å²) < 4.78 is 0. The first kappa shape index (κ1) is 16.0. The summed E-state index contributed by atoms with van der Waals surface area (Å²) in [6, 6.07) is 0.984. The Labute approximate surface area is 104 Å². The van der Waals surface area contributed by atoms with Gasteiger partial charge in [-0.15, -0.1) is 0 Å². The maximum Gasteiger partial charge on any atom is 0.00953 e. The van der Waals surface area contributed by atoms with Gasteiger partial charge in [0.1, 0.15) is 0 Å². The monoisotopic (exact) mass is 227 g/mol. The van der Waals surface area contributed by atoms with E-state index in [1.807, 2.05) is 13.8 Å². The Kier molecular flexibility index (Phi) is 10.1. The Bertz CT molecular complexity index is 140. The smallest absolute Gasteiger partial charge is 0.00953 e. The summed E-state index contributed by atoms with van der Waals surface area (Å²) in [4.78, 5) is 2.72. The number of rotatable bonds is 1. The highest BCUT2D eigenvalue weighted by Crippen LogP contribution is 2.28. The van der Waals surface area contributed by atoms with Crippen LogP contribution < -0.4 is 0 Å². The molecule has 1 saturated heterocycles. The molecule has 98 valence electrons. The summed E-state index contributed by atoms with van der Waals surface area (Å²) in [5, 5.41) is 0. The van der Waals surface area contributed by atoms with Crippen molar-refractivity contribution in [3.63, 3.8) is 0 Å². The van der Waals surface area contributed by atoms with Crippen LogP contribution in [0.3, 0.4) is 0 Å². The van der Waals surface area contributed by atoms with Crippen molar-refractivity contribution in [1.29, 1.82) is 0 Å². The van der Waals surface area contributed by atoms with E-state index < -0.39 is 0 Å². The molecule has 1 atom stereocenters. The van der Waals surface area contributed by atoms with E-state index in [1.165, 1.54) is 51.6 Å². The Balaban J connectivity index is 0.000000394. The van der Waals surface area contributed by atoms with E-state index in [-0.39, 0.29) is 0 Å². The second-order valence-electron chi connectivity index (χ2n) is 5.03. The second kappa shape index (κ2) is 10.1.